The number of anilines is 1. The highest BCUT2D eigenvalue weighted by Crippen LogP contribution is 2.38. The van der Waals surface area contributed by atoms with E-state index in [1.807, 2.05) is 0 Å². The fraction of sp³-hybridized carbons (Fsp3) is 0.231. The van der Waals surface area contributed by atoms with Crippen molar-refractivity contribution in [3.63, 3.8) is 0 Å². The lowest BCUT2D eigenvalue weighted by molar-refractivity contribution is -0.137. The number of nitrogens with one attached hydrogen (secondary N) is 1. The molecule has 0 spiro atoms. The number of hydrogen-bond acceptors (Lipinski definition) is 9. The summed E-state index contributed by atoms with van der Waals surface area (Å²) in [6.45, 7) is 4.58. The van der Waals surface area contributed by atoms with Crippen LogP contribution in [-0.2, 0) is 10.9 Å². The first-order chi connectivity index (χ1) is 26.5. The van der Waals surface area contributed by atoms with Gasteiger partial charge in [-0.3, -0.25) is 24.0 Å². The summed E-state index contributed by atoms with van der Waals surface area (Å²) >= 11 is 6.23. The Balaban J connectivity index is 1.10. The van der Waals surface area contributed by atoms with E-state index in [0.717, 1.165) is 62.0 Å². The molecule has 0 saturated carbocycles. The maximum atomic E-state index is 15.5. The number of pyridine rings is 3. The van der Waals surface area contributed by atoms with Crippen molar-refractivity contribution >= 4 is 45.1 Å². The Morgan fingerprint density at radius 3 is 2.51 bits per heavy atom. The van der Waals surface area contributed by atoms with Gasteiger partial charge in [-0.2, -0.15) is 13.2 Å². The van der Waals surface area contributed by atoms with Crippen LogP contribution in [0.4, 0.5) is 23.2 Å². The van der Waals surface area contributed by atoms with Crippen LogP contribution in [0.3, 0.4) is 0 Å². The van der Waals surface area contributed by atoms with Gasteiger partial charge in [0.2, 0.25) is 0 Å². The summed E-state index contributed by atoms with van der Waals surface area (Å²) < 4.78 is 79.4. The first-order valence-electron chi connectivity index (χ1n) is 17.1. The molecule has 1 aliphatic rings. The number of halogens is 5. The third kappa shape index (κ3) is 8.18. The standard InChI is InChI=1S/C39H32ClF4N5O6/c1-52-34-21-26-30(22-35(34)54-15-3-12-48-13-16-53-17-14-48)45-11-9-32(26)55-33-8-6-25(20-29(33)41)47-37(50)27-18-23-4-2-10-46-36(23)49(38(27)51)31-7-5-24(19-28(31)40)39(42,43)44/h2,4-11,18-22H,3,12-17H2,1H3,(H,47,50). The van der Waals surface area contributed by atoms with Gasteiger partial charge in [-0.05, 0) is 67.1 Å². The molecule has 3 aromatic heterocycles. The summed E-state index contributed by atoms with van der Waals surface area (Å²) in [4.78, 5) is 38.2. The summed E-state index contributed by atoms with van der Waals surface area (Å²) in [7, 11) is 1.51. The molecule has 7 rings (SSSR count). The zero-order valence-corrected chi connectivity index (χ0v) is 29.9. The van der Waals surface area contributed by atoms with E-state index in [2.05, 4.69) is 20.2 Å². The van der Waals surface area contributed by atoms with Crippen LogP contribution >= 0.6 is 11.6 Å². The van der Waals surface area contributed by atoms with Crippen LogP contribution in [0, 0.1) is 5.82 Å². The number of ether oxygens (including phenoxy) is 4. The van der Waals surface area contributed by atoms with Crippen molar-refractivity contribution in [1.82, 2.24) is 19.4 Å². The van der Waals surface area contributed by atoms with E-state index in [1.54, 1.807) is 30.3 Å². The van der Waals surface area contributed by atoms with E-state index < -0.39 is 34.6 Å². The van der Waals surface area contributed by atoms with E-state index >= 15 is 4.39 Å². The van der Waals surface area contributed by atoms with E-state index in [4.69, 9.17) is 30.5 Å². The molecular weight excluding hydrogens is 746 g/mol. The van der Waals surface area contributed by atoms with Crippen molar-refractivity contribution in [1.29, 1.82) is 0 Å². The number of amides is 1. The Hall–Kier alpha value is -5.77. The summed E-state index contributed by atoms with van der Waals surface area (Å²) in [6, 6.07) is 15.6. The zero-order valence-electron chi connectivity index (χ0n) is 29.2. The molecule has 1 amide bonds. The number of benzene rings is 3. The molecule has 0 unspecified atom stereocenters. The zero-order chi connectivity index (χ0) is 38.7. The highest BCUT2D eigenvalue weighted by atomic mass is 35.5. The number of carbonyl (C=O) groups is 1. The first kappa shape index (κ1) is 37.5. The smallest absolute Gasteiger partial charge is 0.416 e. The third-order valence-electron chi connectivity index (χ3n) is 8.90. The van der Waals surface area contributed by atoms with Gasteiger partial charge >= 0.3 is 6.18 Å². The molecule has 0 atom stereocenters. The van der Waals surface area contributed by atoms with Gasteiger partial charge in [0.15, 0.2) is 23.1 Å². The monoisotopic (exact) mass is 777 g/mol. The number of methoxy groups -OCH3 is 1. The molecule has 6 aromatic rings. The number of aromatic nitrogens is 3. The van der Waals surface area contributed by atoms with Gasteiger partial charge in [0.25, 0.3) is 11.5 Å². The van der Waals surface area contributed by atoms with Gasteiger partial charge in [0.1, 0.15) is 17.0 Å². The quantitative estimate of drug-likeness (QED) is 0.104. The van der Waals surface area contributed by atoms with Crippen molar-refractivity contribution in [3.05, 3.63) is 118 Å². The molecule has 284 valence electrons. The number of rotatable bonds is 11. The molecule has 1 saturated heterocycles. The maximum Gasteiger partial charge on any atom is 0.416 e. The maximum absolute atomic E-state index is 15.5. The molecule has 0 bridgehead atoms. The Labute approximate surface area is 316 Å². The van der Waals surface area contributed by atoms with Gasteiger partial charge in [0, 0.05) is 60.6 Å². The van der Waals surface area contributed by atoms with E-state index in [9.17, 15) is 22.8 Å². The van der Waals surface area contributed by atoms with Gasteiger partial charge in [-0.15, -0.1) is 0 Å². The third-order valence-corrected chi connectivity index (χ3v) is 9.20. The number of alkyl halides is 3. The number of morpholine rings is 1. The van der Waals surface area contributed by atoms with Crippen LogP contribution < -0.4 is 25.1 Å². The van der Waals surface area contributed by atoms with Crippen LogP contribution in [-0.4, -0.2) is 71.9 Å². The predicted octanol–water partition coefficient (Wildman–Crippen LogP) is 7.90. The minimum Gasteiger partial charge on any atom is -0.493 e. The Kier molecular flexibility index (Phi) is 10.9. The van der Waals surface area contributed by atoms with Gasteiger partial charge in [-0.1, -0.05) is 11.6 Å². The fourth-order valence-electron chi connectivity index (χ4n) is 6.16. The Morgan fingerprint density at radius 2 is 1.76 bits per heavy atom. The molecule has 1 aliphatic heterocycles. The van der Waals surface area contributed by atoms with Gasteiger partial charge in [0.05, 0.1) is 48.7 Å². The van der Waals surface area contributed by atoms with E-state index in [1.165, 1.54) is 37.7 Å². The number of nitrogens with zero attached hydrogens (tertiary/aromatic N) is 4. The van der Waals surface area contributed by atoms with Crippen molar-refractivity contribution in [2.75, 3.05) is 51.9 Å². The van der Waals surface area contributed by atoms with Crippen LogP contribution in [0.5, 0.6) is 23.0 Å². The summed E-state index contributed by atoms with van der Waals surface area (Å²) in [5.74, 6) is -0.670. The van der Waals surface area contributed by atoms with Crippen molar-refractivity contribution < 1.29 is 41.3 Å². The predicted molar refractivity (Wildman–Crippen MR) is 197 cm³/mol. The van der Waals surface area contributed by atoms with Gasteiger partial charge in [-0.25, -0.2) is 9.37 Å². The molecule has 11 nitrogen and oxygen atoms in total. The topological polar surface area (TPSA) is 117 Å². The molecular formula is C39H32ClF4N5O6. The molecule has 4 heterocycles. The Morgan fingerprint density at radius 1 is 0.945 bits per heavy atom. The highest BCUT2D eigenvalue weighted by Gasteiger charge is 2.31. The lowest BCUT2D eigenvalue weighted by Gasteiger charge is -2.26. The lowest BCUT2D eigenvalue weighted by Crippen LogP contribution is -2.37. The second-order valence-electron chi connectivity index (χ2n) is 12.5. The number of carbonyl (C=O) groups excluding carboxylic acids is 1. The van der Waals surface area contributed by atoms with Gasteiger partial charge < -0.3 is 24.3 Å². The van der Waals surface area contributed by atoms with E-state index in [-0.39, 0.29) is 33.5 Å². The summed E-state index contributed by atoms with van der Waals surface area (Å²) in [5, 5.41) is 2.98. The molecule has 1 N–H and O–H groups in total. The second-order valence-corrected chi connectivity index (χ2v) is 12.9. The molecule has 16 heteroatoms. The van der Waals surface area contributed by atoms with Crippen LogP contribution in [0.25, 0.3) is 27.6 Å². The number of hydrogen-bond donors (Lipinski definition) is 1. The lowest BCUT2D eigenvalue weighted by atomic mass is 10.1. The van der Waals surface area contributed by atoms with Crippen molar-refractivity contribution in [3.8, 4) is 28.7 Å². The van der Waals surface area contributed by atoms with Crippen LogP contribution in [0.15, 0.2) is 90.0 Å². The average Bonchev–Trinajstić information content (AvgIpc) is 3.17. The largest absolute Gasteiger partial charge is 0.493 e. The van der Waals surface area contributed by atoms with E-state index in [0.29, 0.717) is 40.5 Å². The SMILES string of the molecule is COc1cc2c(Oc3ccc(NC(=O)c4cc5cccnc5n(-c5ccc(C(F)(F)F)cc5Cl)c4=O)cc3F)ccnc2cc1OCCCN1CCOCC1. The number of fused-ring (bicyclic) bond motifs is 2. The molecule has 1 fully saturated rings. The van der Waals surface area contributed by atoms with Crippen LogP contribution in [0.1, 0.15) is 22.3 Å². The normalized spacial score (nSPS) is 13.6. The molecule has 0 aliphatic carbocycles. The summed E-state index contributed by atoms with van der Waals surface area (Å²) in [5.41, 5.74) is -1.85. The molecule has 55 heavy (non-hydrogen) atoms. The molecule has 0 radical (unpaired) electrons. The minimum atomic E-state index is -4.67. The summed E-state index contributed by atoms with van der Waals surface area (Å²) in [6.07, 6.45) is -0.964. The first-order valence-corrected chi connectivity index (χ1v) is 17.4. The van der Waals surface area contributed by atoms with Crippen molar-refractivity contribution in [2.24, 2.45) is 0 Å². The van der Waals surface area contributed by atoms with Crippen LogP contribution in [0.2, 0.25) is 5.02 Å². The second kappa shape index (κ2) is 15.9. The highest BCUT2D eigenvalue weighted by molar-refractivity contribution is 6.32. The van der Waals surface area contributed by atoms with Crippen molar-refractivity contribution in [2.45, 2.75) is 12.6 Å². The molecule has 3 aromatic carbocycles. The Bertz CT molecular complexity index is 2460. The fourth-order valence-corrected chi connectivity index (χ4v) is 6.42. The average molecular weight is 778 g/mol. The minimum absolute atomic E-state index is 0.00341.